The van der Waals surface area contributed by atoms with Gasteiger partial charge in [0.25, 0.3) is 5.91 Å². The lowest BCUT2D eigenvalue weighted by atomic mass is 10.00. The number of benzene rings is 3. The van der Waals surface area contributed by atoms with Crippen LogP contribution in [0.5, 0.6) is 5.75 Å². The molecule has 0 bridgehead atoms. The predicted molar refractivity (Wildman–Crippen MR) is 130 cm³/mol. The first-order valence-electron chi connectivity index (χ1n) is 11.5. The molecule has 11 heteroatoms. The molecule has 0 fully saturated rings. The smallest absolute Gasteiger partial charge is 0.406 e. The Balaban J connectivity index is 1.64. The Morgan fingerprint density at radius 2 is 1.74 bits per heavy atom. The lowest BCUT2D eigenvalue weighted by Crippen LogP contribution is -2.47. The Bertz CT molecular complexity index is 1390. The van der Waals surface area contributed by atoms with Crippen molar-refractivity contribution < 1.29 is 36.3 Å². The molecule has 4 rings (SSSR count). The summed E-state index contributed by atoms with van der Waals surface area (Å²) in [7, 11) is 1.52. The minimum Gasteiger partial charge on any atom is -0.406 e. The molecular formula is C27H22F5N3O3. The number of alkyl halides is 3. The van der Waals surface area contributed by atoms with Gasteiger partial charge >= 0.3 is 6.36 Å². The van der Waals surface area contributed by atoms with Crippen molar-refractivity contribution in [3.63, 3.8) is 0 Å². The van der Waals surface area contributed by atoms with Crippen molar-refractivity contribution in [1.29, 1.82) is 0 Å². The minimum absolute atomic E-state index is 0.0806. The van der Waals surface area contributed by atoms with Gasteiger partial charge in [-0.15, -0.1) is 13.2 Å². The van der Waals surface area contributed by atoms with Crippen LogP contribution in [0.25, 0.3) is 0 Å². The normalized spacial score (nSPS) is 16.3. The molecule has 0 spiro atoms. The maximum Gasteiger partial charge on any atom is 0.573 e. The van der Waals surface area contributed by atoms with Crippen LogP contribution in [-0.4, -0.2) is 37.1 Å². The number of hydrogen-bond donors (Lipinski definition) is 1. The van der Waals surface area contributed by atoms with E-state index in [0.29, 0.717) is 22.4 Å². The zero-order valence-corrected chi connectivity index (χ0v) is 20.2. The number of amides is 2. The average Bonchev–Trinajstić information content (AvgIpc) is 2.96. The lowest BCUT2D eigenvalue weighted by Gasteiger charge is -2.22. The lowest BCUT2D eigenvalue weighted by molar-refractivity contribution is -0.274. The van der Waals surface area contributed by atoms with Crippen molar-refractivity contribution in [2.24, 2.45) is 10.9 Å². The number of carbonyl (C=O) groups excluding carboxylic acids is 2. The monoisotopic (exact) mass is 531 g/mol. The fraction of sp³-hybridized carbons (Fsp3) is 0.222. The summed E-state index contributed by atoms with van der Waals surface area (Å²) >= 11 is 0. The zero-order valence-electron chi connectivity index (χ0n) is 20.2. The van der Waals surface area contributed by atoms with Crippen LogP contribution in [0, 0.1) is 17.6 Å². The van der Waals surface area contributed by atoms with E-state index < -0.39 is 47.6 Å². The fourth-order valence-corrected chi connectivity index (χ4v) is 4.05. The van der Waals surface area contributed by atoms with Crippen molar-refractivity contribution in [1.82, 2.24) is 5.32 Å². The predicted octanol–water partition coefficient (Wildman–Crippen LogP) is 5.00. The van der Waals surface area contributed by atoms with E-state index in [1.165, 1.54) is 30.1 Å². The molecule has 0 radical (unpaired) electrons. The van der Waals surface area contributed by atoms with Gasteiger partial charge in [0.05, 0.1) is 11.4 Å². The van der Waals surface area contributed by atoms with Crippen LogP contribution in [0.3, 0.4) is 0 Å². The Hall–Kier alpha value is -4.28. The molecule has 1 heterocycles. The molecule has 3 aromatic rings. The third-order valence-corrected chi connectivity index (χ3v) is 5.96. The van der Waals surface area contributed by atoms with Gasteiger partial charge in [0.15, 0.2) is 11.6 Å². The highest BCUT2D eigenvalue weighted by Gasteiger charge is 2.33. The molecule has 0 aliphatic carbocycles. The Labute approximate surface area is 214 Å². The summed E-state index contributed by atoms with van der Waals surface area (Å²) in [5.74, 6) is -4.28. The number of likely N-dealkylation sites (N-methyl/N-ethyl adjacent to an activating group) is 1. The number of aliphatic imine (C=N–C) groups is 1. The number of ether oxygens (including phenoxy) is 1. The van der Waals surface area contributed by atoms with Crippen molar-refractivity contribution >= 4 is 23.2 Å². The summed E-state index contributed by atoms with van der Waals surface area (Å²) in [5, 5.41) is 2.60. The first-order chi connectivity index (χ1) is 17.9. The van der Waals surface area contributed by atoms with E-state index in [1.807, 2.05) is 0 Å². The highest BCUT2D eigenvalue weighted by Crippen LogP contribution is 2.29. The van der Waals surface area contributed by atoms with Gasteiger partial charge in [-0.25, -0.2) is 13.8 Å². The third kappa shape index (κ3) is 5.99. The van der Waals surface area contributed by atoms with Crippen LogP contribution in [0.2, 0.25) is 0 Å². The molecule has 198 valence electrons. The number of benzodiazepines with no additional fused rings is 1. The minimum atomic E-state index is -4.85. The Morgan fingerprint density at radius 1 is 1.05 bits per heavy atom. The topological polar surface area (TPSA) is 71.0 Å². The second-order valence-corrected chi connectivity index (χ2v) is 8.73. The van der Waals surface area contributed by atoms with Crippen molar-refractivity contribution in [3.05, 3.63) is 95.1 Å². The van der Waals surface area contributed by atoms with E-state index in [-0.39, 0.29) is 12.1 Å². The first-order valence-corrected chi connectivity index (χ1v) is 11.5. The maximum absolute atomic E-state index is 13.6. The number of hydrogen-bond acceptors (Lipinski definition) is 4. The van der Waals surface area contributed by atoms with Crippen LogP contribution < -0.4 is 15.0 Å². The molecule has 1 aliphatic rings. The first kappa shape index (κ1) is 26.8. The molecular weight excluding hydrogens is 509 g/mol. The molecule has 0 saturated heterocycles. The van der Waals surface area contributed by atoms with Gasteiger partial charge in [0, 0.05) is 24.1 Å². The summed E-state index contributed by atoms with van der Waals surface area (Å²) in [6, 6.07) is 15.2. The van der Waals surface area contributed by atoms with E-state index >= 15 is 0 Å². The molecule has 2 atom stereocenters. The van der Waals surface area contributed by atoms with Gasteiger partial charge in [-0.05, 0) is 54.4 Å². The van der Waals surface area contributed by atoms with E-state index in [0.717, 1.165) is 24.3 Å². The third-order valence-electron chi connectivity index (χ3n) is 5.96. The molecule has 3 aromatic carbocycles. The zero-order chi connectivity index (χ0) is 27.6. The summed E-state index contributed by atoms with van der Waals surface area (Å²) < 4.78 is 68.5. The molecule has 2 amide bonds. The SMILES string of the molecule is C[C@@H](Cc1ccc(F)c(F)c1)C(=O)NC1N=C(c2ccc(OC(F)(F)F)cc2)c2ccccc2N(C)C1=O. The average molecular weight is 531 g/mol. The van der Waals surface area contributed by atoms with E-state index in [1.54, 1.807) is 31.2 Å². The number of para-hydroxylation sites is 1. The Morgan fingerprint density at radius 3 is 2.39 bits per heavy atom. The van der Waals surface area contributed by atoms with Gasteiger partial charge in [-0.2, -0.15) is 0 Å². The molecule has 1 aliphatic heterocycles. The maximum atomic E-state index is 13.6. The number of anilines is 1. The molecule has 0 aromatic heterocycles. The van der Waals surface area contributed by atoms with E-state index in [4.69, 9.17) is 0 Å². The highest BCUT2D eigenvalue weighted by molar-refractivity contribution is 6.20. The van der Waals surface area contributed by atoms with Crippen molar-refractivity contribution in [2.45, 2.75) is 25.9 Å². The van der Waals surface area contributed by atoms with Gasteiger partial charge in [0.1, 0.15) is 5.75 Å². The van der Waals surface area contributed by atoms with E-state index in [2.05, 4.69) is 15.0 Å². The summed E-state index contributed by atoms with van der Waals surface area (Å²) in [6.45, 7) is 1.57. The molecule has 1 N–H and O–H groups in total. The largest absolute Gasteiger partial charge is 0.573 e. The number of carbonyl (C=O) groups is 2. The second kappa shape index (κ2) is 10.6. The molecule has 0 saturated carbocycles. The second-order valence-electron chi connectivity index (χ2n) is 8.73. The fourth-order valence-electron chi connectivity index (χ4n) is 4.05. The van der Waals surface area contributed by atoms with Crippen LogP contribution >= 0.6 is 0 Å². The number of rotatable bonds is 6. The standard InChI is InChI=1S/C27H22F5N3O3/c1-15(13-16-7-12-20(28)21(29)14-16)25(36)34-24-26(37)35(2)22-6-4-3-5-19(22)23(33-24)17-8-10-18(11-9-17)38-27(30,31)32/h3-12,14-15,24H,13H2,1-2H3,(H,34,36)/t15-,24?/m0/s1. The van der Waals surface area contributed by atoms with E-state index in [9.17, 15) is 31.5 Å². The van der Waals surface area contributed by atoms with Crippen LogP contribution in [0.1, 0.15) is 23.6 Å². The molecule has 38 heavy (non-hydrogen) atoms. The summed E-state index contributed by atoms with van der Waals surface area (Å²) in [6.07, 6.45) is -6.13. The number of nitrogens with one attached hydrogen (secondary N) is 1. The van der Waals surface area contributed by atoms with Crippen molar-refractivity contribution in [3.8, 4) is 5.75 Å². The van der Waals surface area contributed by atoms with Gasteiger partial charge in [-0.3, -0.25) is 9.59 Å². The quantitative estimate of drug-likeness (QED) is 0.456. The highest BCUT2D eigenvalue weighted by atomic mass is 19.4. The Kier molecular flexibility index (Phi) is 7.47. The van der Waals surface area contributed by atoms with Gasteiger partial charge < -0.3 is 15.0 Å². The number of nitrogens with zero attached hydrogens (tertiary/aromatic N) is 2. The molecule has 1 unspecified atom stereocenters. The van der Waals surface area contributed by atoms with Crippen LogP contribution in [0.15, 0.2) is 71.7 Å². The number of halogens is 5. The van der Waals surface area contributed by atoms with Gasteiger partial charge in [-0.1, -0.05) is 31.2 Å². The summed E-state index contributed by atoms with van der Waals surface area (Å²) in [5.41, 5.74) is 2.08. The van der Waals surface area contributed by atoms with Crippen LogP contribution in [0.4, 0.5) is 27.6 Å². The van der Waals surface area contributed by atoms with Crippen LogP contribution in [-0.2, 0) is 16.0 Å². The van der Waals surface area contributed by atoms with Gasteiger partial charge in [0.2, 0.25) is 12.1 Å². The van der Waals surface area contributed by atoms with Crippen molar-refractivity contribution in [2.75, 3.05) is 11.9 Å². The summed E-state index contributed by atoms with van der Waals surface area (Å²) in [4.78, 5) is 32.1. The molecule has 6 nitrogen and oxygen atoms in total. The number of fused-ring (bicyclic) bond motifs is 1.